The second-order valence-electron chi connectivity index (χ2n) is 5.55. The van der Waals surface area contributed by atoms with Crippen LogP contribution in [0.3, 0.4) is 0 Å². The summed E-state index contributed by atoms with van der Waals surface area (Å²) >= 11 is 12.1. The molecule has 0 radical (unpaired) electrons. The normalized spacial score (nSPS) is 10.6. The molecule has 0 fully saturated rings. The van der Waals surface area contributed by atoms with E-state index in [1.54, 1.807) is 12.1 Å². The Bertz CT molecular complexity index is 489. The van der Waals surface area contributed by atoms with Crippen molar-refractivity contribution >= 4 is 29.2 Å². The van der Waals surface area contributed by atoms with Crippen molar-refractivity contribution in [3.05, 3.63) is 27.7 Å². The van der Waals surface area contributed by atoms with Crippen LogP contribution in [-0.4, -0.2) is 19.7 Å². The van der Waals surface area contributed by atoms with Crippen molar-refractivity contribution in [2.45, 2.75) is 58.3 Å². The van der Waals surface area contributed by atoms with Crippen LogP contribution in [0.2, 0.25) is 10.0 Å². The van der Waals surface area contributed by atoms with Gasteiger partial charge in [-0.3, -0.25) is 0 Å². The Kier molecular flexibility index (Phi) is 10.1. The summed E-state index contributed by atoms with van der Waals surface area (Å²) in [5.41, 5.74) is 0.196. The first kappa shape index (κ1) is 20.1. The second kappa shape index (κ2) is 11.6. The molecule has 1 aromatic rings. The summed E-state index contributed by atoms with van der Waals surface area (Å²) in [6.45, 7) is 2.61. The first-order valence-electron chi connectivity index (χ1n) is 8.31. The highest BCUT2D eigenvalue weighted by molar-refractivity contribution is 6.37. The highest BCUT2D eigenvalue weighted by Gasteiger charge is 2.20. The third-order valence-corrected chi connectivity index (χ3v) is 4.31. The minimum atomic E-state index is -0.489. The van der Waals surface area contributed by atoms with Crippen molar-refractivity contribution in [1.29, 1.82) is 0 Å². The summed E-state index contributed by atoms with van der Waals surface area (Å²) in [4.78, 5) is 12.2. The van der Waals surface area contributed by atoms with Crippen LogP contribution in [0, 0.1) is 0 Å². The predicted octanol–water partition coefficient (Wildman–Crippen LogP) is 6.30. The van der Waals surface area contributed by atoms with E-state index in [-0.39, 0.29) is 16.3 Å². The maximum absolute atomic E-state index is 12.2. The molecule has 23 heavy (non-hydrogen) atoms. The summed E-state index contributed by atoms with van der Waals surface area (Å²) in [5, 5.41) is 0.628. The van der Waals surface area contributed by atoms with Gasteiger partial charge < -0.3 is 9.47 Å². The lowest BCUT2D eigenvalue weighted by Crippen LogP contribution is -2.09. The molecule has 0 heterocycles. The number of halogens is 2. The Labute approximate surface area is 149 Å². The van der Waals surface area contributed by atoms with E-state index in [1.807, 2.05) is 0 Å². The number of hydrogen-bond donors (Lipinski definition) is 0. The molecule has 0 amide bonds. The van der Waals surface area contributed by atoms with Gasteiger partial charge in [0.2, 0.25) is 0 Å². The maximum Gasteiger partial charge on any atom is 0.343 e. The van der Waals surface area contributed by atoms with E-state index < -0.39 is 5.97 Å². The van der Waals surface area contributed by atoms with Gasteiger partial charge in [0.15, 0.2) is 5.75 Å². The van der Waals surface area contributed by atoms with Gasteiger partial charge in [0, 0.05) is 0 Å². The Morgan fingerprint density at radius 3 is 2.13 bits per heavy atom. The average Bonchev–Trinajstić information content (AvgIpc) is 2.54. The number of unbranched alkanes of at least 4 members (excludes halogenated alkanes) is 7. The van der Waals surface area contributed by atoms with Crippen molar-refractivity contribution in [2.75, 3.05) is 13.7 Å². The molecule has 3 nitrogen and oxygen atoms in total. The van der Waals surface area contributed by atoms with E-state index in [1.165, 1.54) is 45.6 Å². The van der Waals surface area contributed by atoms with Crippen molar-refractivity contribution < 1.29 is 14.3 Å². The zero-order valence-electron chi connectivity index (χ0n) is 14.0. The van der Waals surface area contributed by atoms with Crippen molar-refractivity contribution in [1.82, 2.24) is 0 Å². The second-order valence-corrected chi connectivity index (χ2v) is 6.36. The molecule has 0 N–H and O–H groups in total. The van der Waals surface area contributed by atoms with Gasteiger partial charge in [-0.2, -0.15) is 0 Å². The molecule has 0 spiro atoms. The Hall–Kier alpha value is -0.930. The molecule has 1 aromatic carbocycles. The Morgan fingerprint density at radius 1 is 0.957 bits per heavy atom. The van der Waals surface area contributed by atoms with E-state index in [0.717, 1.165) is 12.8 Å². The fourth-order valence-electron chi connectivity index (χ4n) is 2.40. The first-order chi connectivity index (χ1) is 11.1. The molecular weight excluding hydrogens is 335 g/mol. The monoisotopic (exact) mass is 360 g/mol. The lowest BCUT2D eigenvalue weighted by Gasteiger charge is -2.11. The smallest absolute Gasteiger partial charge is 0.343 e. The minimum Gasteiger partial charge on any atom is -0.494 e. The Balaban J connectivity index is 2.31. The maximum atomic E-state index is 12.2. The number of benzene rings is 1. The molecule has 1 rings (SSSR count). The van der Waals surface area contributed by atoms with Crippen LogP contribution in [0.5, 0.6) is 5.75 Å². The molecular formula is C18H26Cl2O3. The number of esters is 1. The summed E-state index contributed by atoms with van der Waals surface area (Å²) in [7, 11) is 1.45. The summed E-state index contributed by atoms with van der Waals surface area (Å²) in [6.07, 6.45) is 9.57. The van der Waals surface area contributed by atoms with Gasteiger partial charge in [0.25, 0.3) is 0 Å². The van der Waals surface area contributed by atoms with Gasteiger partial charge in [-0.1, -0.05) is 75.1 Å². The van der Waals surface area contributed by atoms with Gasteiger partial charge in [-0.25, -0.2) is 4.79 Å². The van der Waals surface area contributed by atoms with E-state index in [2.05, 4.69) is 6.92 Å². The molecule has 0 aliphatic rings. The average molecular weight is 361 g/mol. The SMILES string of the molecule is CCCCCCCCCCOC(=O)c1c(Cl)ccc(Cl)c1OC. The number of carbonyl (C=O) groups excluding carboxylic acids is 1. The fourth-order valence-corrected chi connectivity index (χ4v) is 2.86. The van der Waals surface area contributed by atoms with Crippen LogP contribution >= 0.6 is 23.2 Å². The van der Waals surface area contributed by atoms with Crippen LogP contribution in [0.4, 0.5) is 0 Å². The largest absolute Gasteiger partial charge is 0.494 e. The lowest BCUT2D eigenvalue weighted by molar-refractivity contribution is 0.0494. The molecule has 130 valence electrons. The van der Waals surface area contributed by atoms with Crippen molar-refractivity contribution in [2.24, 2.45) is 0 Å². The number of rotatable bonds is 11. The summed E-state index contributed by atoms with van der Waals surface area (Å²) < 4.78 is 10.4. The zero-order valence-corrected chi connectivity index (χ0v) is 15.5. The summed E-state index contributed by atoms with van der Waals surface area (Å²) in [6, 6.07) is 3.16. The molecule has 0 saturated heterocycles. The molecule has 0 aliphatic heterocycles. The topological polar surface area (TPSA) is 35.5 Å². The van der Waals surface area contributed by atoms with Crippen molar-refractivity contribution in [3.63, 3.8) is 0 Å². The van der Waals surface area contributed by atoms with Crippen molar-refractivity contribution in [3.8, 4) is 5.75 Å². The van der Waals surface area contributed by atoms with Gasteiger partial charge >= 0.3 is 5.97 Å². The number of methoxy groups -OCH3 is 1. The van der Waals surface area contributed by atoms with E-state index >= 15 is 0 Å². The molecule has 0 atom stereocenters. The van der Waals surface area contributed by atoms with E-state index in [9.17, 15) is 4.79 Å². The number of hydrogen-bond acceptors (Lipinski definition) is 3. The van der Waals surface area contributed by atoms with Crippen LogP contribution in [0.25, 0.3) is 0 Å². The molecule has 0 bridgehead atoms. The molecule has 0 aromatic heterocycles. The van der Waals surface area contributed by atoms with Crippen LogP contribution in [-0.2, 0) is 4.74 Å². The van der Waals surface area contributed by atoms with E-state index in [0.29, 0.717) is 11.6 Å². The quantitative estimate of drug-likeness (QED) is 0.343. The third-order valence-electron chi connectivity index (χ3n) is 3.70. The standard InChI is InChI=1S/C18H26Cl2O3/c1-3-4-5-6-7-8-9-10-13-23-18(21)16-14(19)11-12-15(20)17(16)22-2/h11-12H,3-10,13H2,1-2H3. The van der Waals surface area contributed by atoms with Gasteiger partial charge in [-0.15, -0.1) is 0 Å². The molecule has 5 heteroatoms. The fraction of sp³-hybridized carbons (Fsp3) is 0.611. The first-order valence-corrected chi connectivity index (χ1v) is 9.06. The third kappa shape index (κ3) is 7.01. The van der Waals surface area contributed by atoms with E-state index in [4.69, 9.17) is 32.7 Å². The minimum absolute atomic E-state index is 0.196. The zero-order chi connectivity index (χ0) is 17.1. The molecule has 0 saturated carbocycles. The van der Waals surface area contributed by atoms with Crippen LogP contribution < -0.4 is 4.74 Å². The van der Waals surface area contributed by atoms with Gasteiger partial charge in [0.1, 0.15) is 5.56 Å². The molecule has 0 unspecified atom stereocenters. The van der Waals surface area contributed by atoms with Gasteiger partial charge in [-0.05, 0) is 18.6 Å². The number of carbonyl (C=O) groups is 1. The molecule has 0 aliphatic carbocycles. The highest BCUT2D eigenvalue weighted by atomic mass is 35.5. The lowest BCUT2D eigenvalue weighted by atomic mass is 10.1. The number of ether oxygens (including phenoxy) is 2. The Morgan fingerprint density at radius 2 is 1.52 bits per heavy atom. The van der Waals surface area contributed by atoms with Gasteiger partial charge in [0.05, 0.1) is 23.8 Å². The van der Waals surface area contributed by atoms with Crippen LogP contribution in [0.1, 0.15) is 68.6 Å². The summed E-state index contributed by atoms with van der Waals surface area (Å²) in [5.74, 6) is -0.225. The predicted molar refractivity (Wildman–Crippen MR) is 95.9 cm³/mol. The van der Waals surface area contributed by atoms with Crippen LogP contribution in [0.15, 0.2) is 12.1 Å². The highest BCUT2D eigenvalue weighted by Crippen LogP contribution is 2.34.